The topological polar surface area (TPSA) is 108 Å². The third-order valence-corrected chi connectivity index (χ3v) is 6.90. The van der Waals surface area contributed by atoms with Gasteiger partial charge in [-0.3, -0.25) is 9.59 Å². The van der Waals surface area contributed by atoms with Crippen molar-refractivity contribution >= 4 is 21.7 Å². The van der Waals surface area contributed by atoms with Crippen LogP contribution in [0, 0.1) is 17.2 Å². The van der Waals surface area contributed by atoms with Gasteiger partial charge in [-0.2, -0.15) is 5.26 Å². The molecule has 0 spiro atoms. The molecule has 2 amide bonds. The van der Waals surface area contributed by atoms with Crippen LogP contribution in [0.2, 0.25) is 0 Å². The highest BCUT2D eigenvalue weighted by molar-refractivity contribution is 7.91. The second-order valence-corrected chi connectivity index (χ2v) is 9.38. The van der Waals surface area contributed by atoms with Crippen molar-refractivity contribution in [2.75, 3.05) is 37.7 Å². The fourth-order valence-corrected chi connectivity index (χ4v) is 5.25. The van der Waals surface area contributed by atoms with Crippen LogP contribution < -0.4 is 4.74 Å². The fourth-order valence-electron chi connectivity index (χ4n) is 3.51. The number of ether oxygens (including phenoxy) is 1. The molecule has 28 heavy (non-hydrogen) atoms. The third-order valence-electron chi connectivity index (χ3n) is 5.13. The summed E-state index contributed by atoms with van der Waals surface area (Å²) < 4.78 is 28.8. The molecule has 0 unspecified atom stereocenters. The normalized spacial score (nSPS) is 22.4. The van der Waals surface area contributed by atoms with Gasteiger partial charge < -0.3 is 14.5 Å². The monoisotopic (exact) mass is 405 g/mol. The van der Waals surface area contributed by atoms with Gasteiger partial charge >= 0.3 is 0 Å². The van der Waals surface area contributed by atoms with Gasteiger partial charge in [0.25, 0.3) is 5.91 Å². The van der Waals surface area contributed by atoms with Gasteiger partial charge in [0.15, 0.2) is 15.9 Å². The molecule has 2 heterocycles. The molecule has 0 aromatic heterocycles. The maximum Gasteiger partial charge on any atom is 0.263 e. The van der Waals surface area contributed by atoms with Crippen molar-refractivity contribution in [3.63, 3.8) is 0 Å². The summed E-state index contributed by atoms with van der Waals surface area (Å²) in [6.07, 6.45) is -0.300. The summed E-state index contributed by atoms with van der Waals surface area (Å²) in [5.41, 5.74) is 0.516. The number of rotatable bonds is 4. The van der Waals surface area contributed by atoms with Crippen molar-refractivity contribution in [1.29, 1.82) is 5.26 Å². The number of benzene rings is 1. The van der Waals surface area contributed by atoms with Crippen LogP contribution in [0.4, 0.5) is 0 Å². The first kappa shape index (κ1) is 20.1. The minimum Gasteiger partial charge on any atom is -0.481 e. The zero-order valence-electron chi connectivity index (χ0n) is 15.7. The Kier molecular flexibility index (Phi) is 5.89. The lowest BCUT2D eigenvalue weighted by molar-refractivity contribution is -0.145. The van der Waals surface area contributed by atoms with Gasteiger partial charge in [0.1, 0.15) is 5.75 Å². The molecule has 0 radical (unpaired) electrons. The van der Waals surface area contributed by atoms with Crippen LogP contribution in [0.5, 0.6) is 5.75 Å². The van der Waals surface area contributed by atoms with Crippen LogP contribution in [0.3, 0.4) is 0 Å². The van der Waals surface area contributed by atoms with Crippen molar-refractivity contribution in [3.05, 3.63) is 29.8 Å². The van der Waals surface area contributed by atoms with E-state index in [0.717, 1.165) is 0 Å². The molecule has 3 rings (SSSR count). The van der Waals surface area contributed by atoms with Crippen LogP contribution in [0.15, 0.2) is 24.3 Å². The van der Waals surface area contributed by atoms with Crippen molar-refractivity contribution in [2.24, 2.45) is 5.92 Å². The lowest BCUT2D eigenvalue weighted by Gasteiger charge is -2.36. The molecule has 2 saturated heterocycles. The number of carbonyl (C=O) groups excluding carboxylic acids is 2. The number of hydrogen-bond acceptors (Lipinski definition) is 6. The number of amides is 2. The predicted octanol–water partition coefficient (Wildman–Crippen LogP) is 0.431. The molecular formula is C19H23N3O5S. The number of nitrogens with zero attached hydrogens (tertiary/aromatic N) is 3. The minimum atomic E-state index is -3.10. The Labute approximate surface area is 164 Å². The summed E-state index contributed by atoms with van der Waals surface area (Å²) in [6.45, 7) is 3.24. The van der Waals surface area contributed by atoms with E-state index in [2.05, 4.69) is 0 Å². The Bertz CT molecular complexity index is 883. The first-order valence-electron chi connectivity index (χ1n) is 9.24. The molecule has 0 N–H and O–H groups in total. The van der Waals surface area contributed by atoms with E-state index in [1.165, 1.54) is 0 Å². The second kappa shape index (κ2) is 8.19. The van der Waals surface area contributed by atoms with Crippen LogP contribution in [-0.4, -0.2) is 73.8 Å². The standard InChI is InChI=1S/C19H23N3O5S/c1-14(27-17-4-2-15(12-20)3-5-17)18(23)21-7-9-22(10-8-21)19(24)16-6-11-28(25,26)13-16/h2-5,14,16H,6-11,13H2,1H3/t14-,16+/m0/s1. The van der Waals surface area contributed by atoms with Crippen molar-refractivity contribution in [1.82, 2.24) is 9.80 Å². The number of hydrogen-bond donors (Lipinski definition) is 0. The zero-order chi connectivity index (χ0) is 20.3. The molecule has 2 aliphatic heterocycles. The quantitative estimate of drug-likeness (QED) is 0.719. The van der Waals surface area contributed by atoms with E-state index in [1.807, 2.05) is 6.07 Å². The van der Waals surface area contributed by atoms with E-state index in [0.29, 0.717) is 43.9 Å². The van der Waals surface area contributed by atoms with Gasteiger partial charge in [-0.1, -0.05) is 0 Å². The molecule has 0 bridgehead atoms. The van der Waals surface area contributed by atoms with Crippen molar-refractivity contribution in [2.45, 2.75) is 19.4 Å². The highest BCUT2D eigenvalue weighted by Gasteiger charge is 2.37. The average molecular weight is 405 g/mol. The van der Waals surface area contributed by atoms with Gasteiger partial charge in [-0.25, -0.2) is 8.42 Å². The summed E-state index contributed by atoms with van der Waals surface area (Å²) in [7, 11) is -3.10. The molecule has 2 aliphatic rings. The molecule has 8 nitrogen and oxygen atoms in total. The van der Waals surface area contributed by atoms with Gasteiger partial charge in [0, 0.05) is 26.2 Å². The van der Waals surface area contributed by atoms with E-state index >= 15 is 0 Å². The van der Waals surface area contributed by atoms with E-state index < -0.39 is 21.9 Å². The maximum absolute atomic E-state index is 12.6. The Morgan fingerprint density at radius 1 is 1.14 bits per heavy atom. The summed E-state index contributed by atoms with van der Waals surface area (Å²) in [4.78, 5) is 28.4. The highest BCUT2D eigenvalue weighted by Crippen LogP contribution is 2.22. The second-order valence-electron chi connectivity index (χ2n) is 7.15. The third kappa shape index (κ3) is 4.62. The fraction of sp³-hybridized carbons (Fsp3) is 0.526. The molecule has 150 valence electrons. The number of nitriles is 1. The summed E-state index contributed by atoms with van der Waals surface area (Å²) in [5.74, 6) is -0.232. The van der Waals surface area contributed by atoms with Crippen LogP contribution in [0.25, 0.3) is 0 Å². The molecule has 0 saturated carbocycles. The number of sulfone groups is 1. The lowest BCUT2D eigenvalue weighted by Crippen LogP contribution is -2.54. The molecule has 1 aromatic rings. The number of carbonyl (C=O) groups is 2. The molecule has 0 aliphatic carbocycles. The first-order chi connectivity index (χ1) is 13.3. The van der Waals surface area contributed by atoms with E-state index in [4.69, 9.17) is 10.00 Å². The zero-order valence-corrected chi connectivity index (χ0v) is 16.5. The summed E-state index contributed by atoms with van der Waals surface area (Å²) >= 11 is 0. The SMILES string of the molecule is C[C@H](Oc1ccc(C#N)cc1)C(=O)N1CCN(C(=O)[C@@H]2CCS(=O)(=O)C2)CC1. The smallest absolute Gasteiger partial charge is 0.263 e. The molecule has 2 fully saturated rings. The largest absolute Gasteiger partial charge is 0.481 e. The Balaban J connectivity index is 1.50. The minimum absolute atomic E-state index is 0.0690. The maximum atomic E-state index is 12.6. The van der Waals surface area contributed by atoms with Crippen LogP contribution in [-0.2, 0) is 19.4 Å². The van der Waals surface area contributed by atoms with Gasteiger partial charge in [0.2, 0.25) is 5.91 Å². The van der Waals surface area contributed by atoms with Gasteiger partial charge in [0.05, 0.1) is 29.1 Å². The van der Waals surface area contributed by atoms with Gasteiger partial charge in [-0.05, 0) is 37.6 Å². The van der Waals surface area contributed by atoms with E-state index in [-0.39, 0.29) is 23.3 Å². The lowest BCUT2D eigenvalue weighted by atomic mass is 10.1. The van der Waals surface area contributed by atoms with E-state index in [9.17, 15) is 18.0 Å². The molecular weight excluding hydrogens is 382 g/mol. The molecule has 2 atom stereocenters. The van der Waals surface area contributed by atoms with Crippen molar-refractivity contribution in [3.8, 4) is 11.8 Å². The predicted molar refractivity (Wildman–Crippen MR) is 101 cm³/mol. The Hall–Kier alpha value is -2.60. The van der Waals surface area contributed by atoms with Crippen molar-refractivity contribution < 1.29 is 22.7 Å². The number of piperazine rings is 1. The van der Waals surface area contributed by atoms with Crippen LogP contribution in [0.1, 0.15) is 18.9 Å². The van der Waals surface area contributed by atoms with E-state index in [1.54, 1.807) is 41.0 Å². The average Bonchev–Trinajstić information content (AvgIpc) is 3.07. The first-order valence-corrected chi connectivity index (χ1v) is 11.1. The highest BCUT2D eigenvalue weighted by atomic mass is 32.2. The van der Waals surface area contributed by atoms with Gasteiger partial charge in [-0.15, -0.1) is 0 Å². The van der Waals surface area contributed by atoms with Crippen LogP contribution >= 0.6 is 0 Å². The summed E-state index contributed by atoms with van der Waals surface area (Å²) in [6, 6.07) is 8.57. The Morgan fingerprint density at radius 2 is 1.75 bits per heavy atom. The Morgan fingerprint density at radius 3 is 2.29 bits per heavy atom. The summed E-state index contributed by atoms with van der Waals surface area (Å²) in [5, 5.41) is 8.81. The molecule has 1 aromatic carbocycles. The molecule has 9 heteroatoms.